The molecular formula is C21H23F3N4O2. The Kier molecular flexibility index (Phi) is 5.44. The monoisotopic (exact) mass is 420 g/mol. The smallest absolute Gasteiger partial charge is 0.256 e. The molecule has 2 heterocycles. The standard InChI is InChI=1S/C21H23F3N4O2/c1-12-2-5-17(16(23)6-12)27-19-14(3-4-15(22)18(19)24)20(29)28-10-21(30,11-28)9-26-13-7-25-8-13/h2-6,13,25-27,30H,7-11H2,1H3. The minimum atomic E-state index is -1.27. The molecule has 0 aliphatic carbocycles. The van der Waals surface area contributed by atoms with E-state index in [0.29, 0.717) is 18.2 Å². The molecule has 4 rings (SSSR count). The molecule has 0 aromatic heterocycles. The summed E-state index contributed by atoms with van der Waals surface area (Å²) < 4.78 is 42.6. The van der Waals surface area contributed by atoms with Crippen LogP contribution in [0.5, 0.6) is 0 Å². The minimum Gasteiger partial charge on any atom is -0.385 e. The molecule has 2 saturated heterocycles. The molecule has 0 spiro atoms. The van der Waals surface area contributed by atoms with Gasteiger partial charge in [0, 0.05) is 25.7 Å². The van der Waals surface area contributed by atoms with Crippen LogP contribution in [0.4, 0.5) is 24.5 Å². The lowest BCUT2D eigenvalue weighted by Crippen LogP contribution is -2.69. The number of amides is 1. The first-order valence-electron chi connectivity index (χ1n) is 9.73. The van der Waals surface area contributed by atoms with Crippen LogP contribution < -0.4 is 16.0 Å². The molecule has 0 radical (unpaired) electrons. The highest BCUT2D eigenvalue weighted by atomic mass is 19.2. The predicted molar refractivity (Wildman–Crippen MR) is 106 cm³/mol. The normalized spacial score (nSPS) is 18.0. The zero-order chi connectivity index (χ0) is 21.5. The van der Waals surface area contributed by atoms with Gasteiger partial charge in [0.1, 0.15) is 11.4 Å². The molecule has 4 N–H and O–H groups in total. The lowest BCUT2D eigenvalue weighted by Gasteiger charge is -2.47. The summed E-state index contributed by atoms with van der Waals surface area (Å²) in [6.45, 7) is 3.83. The lowest BCUT2D eigenvalue weighted by atomic mass is 9.92. The summed E-state index contributed by atoms with van der Waals surface area (Å²) in [5.41, 5.74) is -1.04. The van der Waals surface area contributed by atoms with Crippen LogP contribution in [0, 0.1) is 24.4 Å². The van der Waals surface area contributed by atoms with Gasteiger partial charge in [-0.3, -0.25) is 4.79 Å². The van der Waals surface area contributed by atoms with Gasteiger partial charge in [0.05, 0.1) is 30.0 Å². The van der Waals surface area contributed by atoms with E-state index in [1.54, 1.807) is 13.0 Å². The molecule has 30 heavy (non-hydrogen) atoms. The Morgan fingerprint density at radius 2 is 1.93 bits per heavy atom. The van der Waals surface area contributed by atoms with Crippen molar-refractivity contribution in [3.8, 4) is 0 Å². The molecule has 2 aromatic rings. The van der Waals surface area contributed by atoms with Crippen LogP contribution in [0.2, 0.25) is 0 Å². The molecular weight excluding hydrogens is 397 g/mol. The number of hydrogen-bond acceptors (Lipinski definition) is 5. The zero-order valence-electron chi connectivity index (χ0n) is 16.4. The minimum absolute atomic E-state index is 0.0658. The Balaban J connectivity index is 1.51. The largest absolute Gasteiger partial charge is 0.385 e. The van der Waals surface area contributed by atoms with Crippen molar-refractivity contribution in [2.75, 3.05) is 38.0 Å². The predicted octanol–water partition coefficient (Wildman–Crippen LogP) is 1.90. The third-order valence-electron chi connectivity index (χ3n) is 5.47. The fourth-order valence-corrected chi connectivity index (χ4v) is 3.56. The van der Waals surface area contributed by atoms with Gasteiger partial charge in [0.2, 0.25) is 0 Å². The van der Waals surface area contributed by atoms with Crippen LogP contribution in [-0.4, -0.2) is 60.3 Å². The van der Waals surface area contributed by atoms with E-state index in [0.717, 1.165) is 25.2 Å². The summed E-state index contributed by atoms with van der Waals surface area (Å²) in [6.07, 6.45) is 0. The number of nitrogens with one attached hydrogen (secondary N) is 3. The first-order chi connectivity index (χ1) is 14.3. The van der Waals surface area contributed by atoms with Gasteiger partial charge in [-0.25, -0.2) is 13.2 Å². The number of likely N-dealkylation sites (tertiary alicyclic amines) is 1. The third-order valence-corrected chi connectivity index (χ3v) is 5.47. The molecule has 0 bridgehead atoms. The highest BCUT2D eigenvalue weighted by molar-refractivity contribution is 6.01. The summed E-state index contributed by atoms with van der Waals surface area (Å²) in [4.78, 5) is 14.2. The van der Waals surface area contributed by atoms with E-state index in [1.807, 2.05) is 0 Å². The van der Waals surface area contributed by atoms with E-state index in [-0.39, 0.29) is 24.3 Å². The summed E-state index contributed by atoms with van der Waals surface area (Å²) in [6, 6.07) is 6.57. The zero-order valence-corrected chi connectivity index (χ0v) is 16.4. The number of β-amino-alcohol motifs (C(OH)–C–C–N with tert-alkyl or cyclic N) is 1. The summed E-state index contributed by atoms with van der Waals surface area (Å²) in [5, 5.41) is 19.4. The number of rotatable bonds is 6. The Labute approximate surface area is 172 Å². The van der Waals surface area contributed by atoms with Crippen molar-refractivity contribution in [3.05, 3.63) is 58.9 Å². The van der Waals surface area contributed by atoms with Gasteiger partial charge >= 0.3 is 0 Å². The van der Waals surface area contributed by atoms with E-state index >= 15 is 0 Å². The fourth-order valence-electron chi connectivity index (χ4n) is 3.56. The van der Waals surface area contributed by atoms with Gasteiger partial charge in [-0.1, -0.05) is 6.07 Å². The number of carbonyl (C=O) groups is 1. The molecule has 2 aliphatic rings. The van der Waals surface area contributed by atoms with Gasteiger partial charge in [0.25, 0.3) is 5.91 Å². The maximum Gasteiger partial charge on any atom is 0.256 e. The molecule has 6 nitrogen and oxygen atoms in total. The summed E-state index contributed by atoms with van der Waals surface area (Å²) >= 11 is 0. The second kappa shape index (κ2) is 7.90. The summed E-state index contributed by atoms with van der Waals surface area (Å²) in [7, 11) is 0. The Morgan fingerprint density at radius 3 is 2.57 bits per heavy atom. The third kappa shape index (κ3) is 4.00. The number of anilines is 2. The fraction of sp³-hybridized carbons (Fsp3) is 0.381. The molecule has 2 fully saturated rings. The maximum absolute atomic E-state index is 14.5. The Morgan fingerprint density at radius 1 is 1.20 bits per heavy atom. The van der Waals surface area contributed by atoms with Gasteiger partial charge in [-0.15, -0.1) is 0 Å². The molecule has 2 aromatic carbocycles. The molecule has 2 aliphatic heterocycles. The van der Waals surface area contributed by atoms with Crippen molar-refractivity contribution in [3.63, 3.8) is 0 Å². The number of aryl methyl sites for hydroxylation is 1. The second-order valence-electron chi connectivity index (χ2n) is 8.01. The maximum atomic E-state index is 14.5. The summed E-state index contributed by atoms with van der Waals surface area (Å²) in [5.74, 6) is -3.64. The number of halogens is 3. The number of carbonyl (C=O) groups excluding carboxylic acids is 1. The van der Waals surface area contributed by atoms with E-state index in [1.165, 1.54) is 17.0 Å². The molecule has 0 unspecified atom stereocenters. The Bertz CT molecular complexity index is 975. The van der Waals surface area contributed by atoms with Crippen LogP contribution in [0.1, 0.15) is 15.9 Å². The molecule has 1 amide bonds. The molecule has 0 atom stereocenters. The highest BCUT2D eigenvalue weighted by Gasteiger charge is 2.44. The van der Waals surface area contributed by atoms with E-state index in [2.05, 4.69) is 16.0 Å². The topological polar surface area (TPSA) is 76.6 Å². The van der Waals surface area contributed by atoms with Crippen molar-refractivity contribution in [2.45, 2.75) is 18.6 Å². The van der Waals surface area contributed by atoms with Crippen LogP contribution >= 0.6 is 0 Å². The first kappa shape index (κ1) is 20.6. The second-order valence-corrected chi connectivity index (χ2v) is 8.01. The molecule has 160 valence electrons. The van der Waals surface area contributed by atoms with Crippen LogP contribution in [0.25, 0.3) is 0 Å². The van der Waals surface area contributed by atoms with Crippen molar-refractivity contribution < 1.29 is 23.1 Å². The SMILES string of the molecule is Cc1ccc(Nc2c(C(=O)N3CC(O)(CNC4CNC4)C3)ccc(F)c2F)c(F)c1. The molecule has 9 heteroatoms. The van der Waals surface area contributed by atoms with Crippen LogP contribution in [-0.2, 0) is 0 Å². The number of hydrogen-bond donors (Lipinski definition) is 4. The number of aliphatic hydroxyl groups is 1. The number of benzene rings is 2. The van der Waals surface area contributed by atoms with Crippen molar-refractivity contribution in [2.24, 2.45) is 0 Å². The van der Waals surface area contributed by atoms with Gasteiger partial charge in [0.15, 0.2) is 11.6 Å². The van der Waals surface area contributed by atoms with Crippen molar-refractivity contribution >= 4 is 17.3 Å². The van der Waals surface area contributed by atoms with Crippen LogP contribution in [0.3, 0.4) is 0 Å². The number of nitrogens with zero attached hydrogens (tertiary/aromatic N) is 1. The average molecular weight is 420 g/mol. The van der Waals surface area contributed by atoms with E-state index in [9.17, 15) is 23.1 Å². The quantitative estimate of drug-likeness (QED) is 0.575. The average Bonchev–Trinajstić information content (AvgIpc) is 2.63. The van der Waals surface area contributed by atoms with Crippen molar-refractivity contribution in [1.29, 1.82) is 0 Å². The first-order valence-corrected chi connectivity index (χ1v) is 9.73. The Hall–Kier alpha value is -2.62. The van der Waals surface area contributed by atoms with Crippen LogP contribution in [0.15, 0.2) is 30.3 Å². The van der Waals surface area contributed by atoms with Gasteiger partial charge < -0.3 is 26.0 Å². The highest BCUT2D eigenvalue weighted by Crippen LogP contribution is 2.31. The van der Waals surface area contributed by atoms with E-state index in [4.69, 9.17) is 0 Å². The lowest BCUT2D eigenvalue weighted by molar-refractivity contribution is -0.0804. The van der Waals surface area contributed by atoms with Crippen molar-refractivity contribution in [1.82, 2.24) is 15.5 Å². The molecule has 0 saturated carbocycles. The van der Waals surface area contributed by atoms with Gasteiger partial charge in [-0.2, -0.15) is 0 Å². The van der Waals surface area contributed by atoms with E-state index < -0.39 is 34.6 Å². The van der Waals surface area contributed by atoms with Gasteiger partial charge in [-0.05, 0) is 36.8 Å².